The normalized spacial score (nSPS) is 10.7. The first-order valence-corrected chi connectivity index (χ1v) is 5.32. The molecule has 5 nitrogen and oxygen atoms in total. The molecule has 0 N–H and O–H groups in total. The largest absolute Gasteiger partial charge is 0.464 e. The standard InChI is InChI=1S/C13H9NO4/c1-16-13(15)9-7-12(18-14-9)11-6-8-4-2-3-5-10(8)17-11/h2-7H,1H3. The molecule has 0 unspecified atom stereocenters. The van der Waals surface area contributed by atoms with Crippen molar-refractivity contribution in [3.63, 3.8) is 0 Å². The number of benzene rings is 1. The maximum atomic E-state index is 11.3. The van der Waals surface area contributed by atoms with Crippen molar-refractivity contribution in [1.82, 2.24) is 5.16 Å². The number of aromatic nitrogens is 1. The quantitative estimate of drug-likeness (QED) is 0.647. The molecule has 3 rings (SSSR count). The van der Waals surface area contributed by atoms with Crippen LogP contribution >= 0.6 is 0 Å². The number of fused-ring (bicyclic) bond motifs is 1. The Morgan fingerprint density at radius 2 is 2.06 bits per heavy atom. The highest BCUT2D eigenvalue weighted by atomic mass is 16.5. The van der Waals surface area contributed by atoms with Crippen LogP contribution in [-0.2, 0) is 4.74 Å². The van der Waals surface area contributed by atoms with Crippen LogP contribution in [0.2, 0.25) is 0 Å². The van der Waals surface area contributed by atoms with Crippen molar-refractivity contribution >= 4 is 16.9 Å². The molecule has 90 valence electrons. The van der Waals surface area contributed by atoms with Gasteiger partial charge in [-0.05, 0) is 12.1 Å². The van der Waals surface area contributed by atoms with Crippen molar-refractivity contribution in [2.24, 2.45) is 0 Å². The highest BCUT2D eigenvalue weighted by Crippen LogP contribution is 2.28. The van der Waals surface area contributed by atoms with Gasteiger partial charge in [-0.3, -0.25) is 0 Å². The summed E-state index contributed by atoms with van der Waals surface area (Å²) in [5.74, 6) is 0.381. The van der Waals surface area contributed by atoms with Crippen LogP contribution in [0.25, 0.3) is 22.5 Å². The molecule has 0 spiro atoms. The summed E-state index contributed by atoms with van der Waals surface area (Å²) in [6.45, 7) is 0. The first-order chi connectivity index (χ1) is 8.78. The third-order valence-corrected chi connectivity index (χ3v) is 2.57. The van der Waals surface area contributed by atoms with Gasteiger partial charge in [0.25, 0.3) is 0 Å². The van der Waals surface area contributed by atoms with Crippen LogP contribution in [0, 0.1) is 0 Å². The van der Waals surface area contributed by atoms with Crippen LogP contribution in [-0.4, -0.2) is 18.2 Å². The highest BCUT2D eigenvalue weighted by Gasteiger charge is 2.16. The maximum Gasteiger partial charge on any atom is 0.360 e. The second-order valence-electron chi connectivity index (χ2n) is 3.72. The Morgan fingerprint density at radius 1 is 1.22 bits per heavy atom. The van der Waals surface area contributed by atoms with Gasteiger partial charge in [-0.1, -0.05) is 23.4 Å². The second kappa shape index (κ2) is 4.03. The second-order valence-corrected chi connectivity index (χ2v) is 3.72. The molecule has 0 aliphatic heterocycles. The van der Waals surface area contributed by atoms with Gasteiger partial charge in [0.05, 0.1) is 7.11 Å². The van der Waals surface area contributed by atoms with Gasteiger partial charge in [-0.15, -0.1) is 0 Å². The number of hydrogen-bond donors (Lipinski definition) is 0. The minimum Gasteiger partial charge on any atom is -0.464 e. The fourth-order valence-corrected chi connectivity index (χ4v) is 1.70. The minimum atomic E-state index is -0.541. The van der Waals surface area contributed by atoms with E-state index in [0.717, 1.165) is 11.0 Å². The summed E-state index contributed by atoms with van der Waals surface area (Å²) in [5.41, 5.74) is 0.872. The first-order valence-electron chi connectivity index (χ1n) is 5.32. The molecule has 0 fully saturated rings. The number of para-hydroxylation sites is 1. The van der Waals surface area contributed by atoms with E-state index in [1.54, 1.807) is 0 Å². The molecule has 2 heterocycles. The number of furan rings is 1. The third kappa shape index (κ3) is 1.66. The monoisotopic (exact) mass is 243 g/mol. The van der Waals surface area contributed by atoms with E-state index in [1.165, 1.54) is 13.2 Å². The average Bonchev–Trinajstić information content (AvgIpc) is 3.03. The molecule has 3 aromatic rings. The van der Waals surface area contributed by atoms with Crippen LogP contribution < -0.4 is 0 Å². The van der Waals surface area contributed by atoms with E-state index < -0.39 is 5.97 Å². The topological polar surface area (TPSA) is 65.5 Å². The fraction of sp³-hybridized carbons (Fsp3) is 0.0769. The van der Waals surface area contributed by atoms with Crippen LogP contribution in [0.5, 0.6) is 0 Å². The van der Waals surface area contributed by atoms with Gasteiger partial charge in [0.1, 0.15) is 5.58 Å². The smallest absolute Gasteiger partial charge is 0.360 e. The number of rotatable bonds is 2. The van der Waals surface area contributed by atoms with Crippen molar-refractivity contribution in [2.45, 2.75) is 0 Å². The third-order valence-electron chi connectivity index (χ3n) is 2.57. The number of carbonyl (C=O) groups is 1. The molecule has 0 aliphatic rings. The average molecular weight is 243 g/mol. The van der Waals surface area contributed by atoms with Crippen molar-refractivity contribution in [3.8, 4) is 11.5 Å². The van der Waals surface area contributed by atoms with Gasteiger partial charge in [0.2, 0.25) is 5.76 Å². The van der Waals surface area contributed by atoms with Gasteiger partial charge >= 0.3 is 5.97 Å². The molecule has 0 atom stereocenters. The fourth-order valence-electron chi connectivity index (χ4n) is 1.70. The number of esters is 1. The lowest BCUT2D eigenvalue weighted by Gasteiger charge is -1.88. The molecule has 0 radical (unpaired) electrons. The number of carbonyl (C=O) groups excluding carboxylic acids is 1. The van der Waals surface area contributed by atoms with Gasteiger partial charge in [-0.2, -0.15) is 0 Å². The van der Waals surface area contributed by atoms with Crippen LogP contribution in [0.3, 0.4) is 0 Å². The summed E-state index contributed by atoms with van der Waals surface area (Å²) in [4.78, 5) is 11.3. The van der Waals surface area contributed by atoms with Crippen LogP contribution in [0.1, 0.15) is 10.5 Å². The predicted octanol–water partition coefficient (Wildman–Crippen LogP) is 2.87. The zero-order chi connectivity index (χ0) is 12.5. The lowest BCUT2D eigenvalue weighted by Crippen LogP contribution is -2.00. The first kappa shape index (κ1) is 10.6. The zero-order valence-electron chi connectivity index (χ0n) is 9.54. The molecule has 0 aliphatic carbocycles. The maximum absolute atomic E-state index is 11.3. The number of nitrogens with zero attached hydrogens (tertiary/aromatic N) is 1. The van der Waals surface area contributed by atoms with Crippen molar-refractivity contribution in [2.75, 3.05) is 7.11 Å². The molecular weight excluding hydrogens is 234 g/mol. The Balaban J connectivity index is 2.03. The molecule has 0 saturated carbocycles. The summed E-state index contributed by atoms with van der Waals surface area (Å²) in [7, 11) is 1.29. The Morgan fingerprint density at radius 3 is 2.83 bits per heavy atom. The Hall–Kier alpha value is -2.56. The van der Waals surface area contributed by atoms with Gasteiger partial charge in [-0.25, -0.2) is 4.79 Å². The Bertz CT molecular complexity index is 677. The highest BCUT2D eigenvalue weighted by molar-refractivity contribution is 5.88. The summed E-state index contributed by atoms with van der Waals surface area (Å²) >= 11 is 0. The van der Waals surface area contributed by atoms with E-state index in [2.05, 4.69) is 9.89 Å². The van der Waals surface area contributed by atoms with Crippen molar-refractivity contribution in [3.05, 3.63) is 42.1 Å². The van der Waals surface area contributed by atoms with E-state index in [0.29, 0.717) is 11.5 Å². The molecule has 5 heteroatoms. The van der Waals surface area contributed by atoms with E-state index in [4.69, 9.17) is 8.94 Å². The van der Waals surface area contributed by atoms with E-state index in [-0.39, 0.29) is 5.69 Å². The van der Waals surface area contributed by atoms with E-state index >= 15 is 0 Å². The summed E-state index contributed by atoms with van der Waals surface area (Å²) in [6.07, 6.45) is 0. The van der Waals surface area contributed by atoms with E-state index in [1.807, 2.05) is 30.3 Å². The number of ether oxygens (including phenoxy) is 1. The van der Waals surface area contributed by atoms with Gasteiger partial charge in [0.15, 0.2) is 11.5 Å². The van der Waals surface area contributed by atoms with Crippen LogP contribution in [0.15, 0.2) is 45.3 Å². The Kier molecular flexibility index (Phi) is 2.37. The predicted molar refractivity (Wildman–Crippen MR) is 63.1 cm³/mol. The van der Waals surface area contributed by atoms with Crippen LogP contribution in [0.4, 0.5) is 0 Å². The number of hydrogen-bond acceptors (Lipinski definition) is 5. The molecule has 0 bridgehead atoms. The minimum absolute atomic E-state index is 0.118. The number of methoxy groups -OCH3 is 1. The molecule has 1 aromatic carbocycles. The molecule has 0 saturated heterocycles. The lowest BCUT2D eigenvalue weighted by atomic mass is 10.2. The lowest BCUT2D eigenvalue weighted by molar-refractivity contribution is 0.0589. The molecule has 18 heavy (non-hydrogen) atoms. The SMILES string of the molecule is COC(=O)c1cc(-c2cc3ccccc3o2)on1. The van der Waals surface area contributed by atoms with Gasteiger partial charge < -0.3 is 13.7 Å². The molecule has 0 amide bonds. The summed E-state index contributed by atoms with van der Waals surface area (Å²) in [6, 6.07) is 10.9. The van der Waals surface area contributed by atoms with Crippen molar-refractivity contribution < 1.29 is 18.5 Å². The van der Waals surface area contributed by atoms with Gasteiger partial charge in [0, 0.05) is 11.5 Å². The van der Waals surface area contributed by atoms with Crippen molar-refractivity contribution in [1.29, 1.82) is 0 Å². The Labute approximate surface area is 102 Å². The molecular formula is C13H9NO4. The summed E-state index contributed by atoms with van der Waals surface area (Å²) < 4.78 is 15.2. The van der Waals surface area contributed by atoms with E-state index in [9.17, 15) is 4.79 Å². The molecule has 2 aromatic heterocycles. The zero-order valence-corrected chi connectivity index (χ0v) is 9.54. The summed E-state index contributed by atoms with van der Waals surface area (Å²) in [5, 5.41) is 4.59.